The second-order valence-electron chi connectivity index (χ2n) is 3.44. The topological polar surface area (TPSA) is 9.23 Å². The number of hydrogen-bond donors (Lipinski definition) is 0. The minimum absolute atomic E-state index is 0.0964. The minimum atomic E-state index is 0.0964. The van der Waals surface area contributed by atoms with E-state index in [0.717, 1.165) is 10.5 Å². The summed E-state index contributed by atoms with van der Waals surface area (Å²) in [5.74, 6) is 0. The first-order valence-electron chi connectivity index (χ1n) is 5.04. The standard InChI is InChI=1S/C13H14OSi/c15-14-13(11-7-3-1-4-8-11)12-9-5-2-6-10-12/h1-10,13H,15H3. The van der Waals surface area contributed by atoms with Gasteiger partial charge in [-0.1, -0.05) is 60.7 Å². The fraction of sp³-hybridized carbons (Fsp3) is 0.0769. The molecular formula is C13H14OSi. The van der Waals surface area contributed by atoms with Crippen LogP contribution in [-0.4, -0.2) is 10.5 Å². The number of benzene rings is 2. The first-order chi connectivity index (χ1) is 7.42. The minimum Gasteiger partial charge on any atom is -0.417 e. The molecule has 0 fully saturated rings. The Morgan fingerprint density at radius 2 is 1.13 bits per heavy atom. The molecule has 0 atom stereocenters. The molecule has 0 radical (unpaired) electrons. The zero-order valence-electron chi connectivity index (χ0n) is 8.76. The van der Waals surface area contributed by atoms with E-state index in [9.17, 15) is 0 Å². The van der Waals surface area contributed by atoms with E-state index >= 15 is 0 Å². The van der Waals surface area contributed by atoms with Crippen molar-refractivity contribution in [2.24, 2.45) is 0 Å². The Morgan fingerprint density at radius 3 is 1.47 bits per heavy atom. The van der Waals surface area contributed by atoms with Gasteiger partial charge in [0.25, 0.3) is 0 Å². The Labute approximate surface area is 93.3 Å². The van der Waals surface area contributed by atoms with Crippen molar-refractivity contribution in [1.29, 1.82) is 0 Å². The van der Waals surface area contributed by atoms with Crippen LogP contribution in [0.5, 0.6) is 0 Å². The van der Waals surface area contributed by atoms with Crippen LogP contribution in [0.25, 0.3) is 0 Å². The van der Waals surface area contributed by atoms with Crippen molar-refractivity contribution in [2.45, 2.75) is 6.10 Å². The van der Waals surface area contributed by atoms with Crippen LogP contribution in [0.15, 0.2) is 60.7 Å². The normalized spacial score (nSPS) is 10.7. The predicted octanol–water partition coefficient (Wildman–Crippen LogP) is 2.07. The second kappa shape index (κ2) is 4.91. The summed E-state index contributed by atoms with van der Waals surface area (Å²) in [5, 5.41) is 0. The Bertz CT molecular complexity index is 360. The summed E-state index contributed by atoms with van der Waals surface area (Å²) in [6.07, 6.45) is 0.0964. The molecule has 0 aliphatic heterocycles. The van der Waals surface area contributed by atoms with E-state index in [1.807, 2.05) is 36.4 Å². The van der Waals surface area contributed by atoms with Crippen molar-refractivity contribution in [1.82, 2.24) is 0 Å². The van der Waals surface area contributed by atoms with Gasteiger partial charge in [-0.25, -0.2) is 0 Å². The Morgan fingerprint density at radius 1 is 0.733 bits per heavy atom. The lowest BCUT2D eigenvalue weighted by Gasteiger charge is -2.16. The van der Waals surface area contributed by atoms with Gasteiger partial charge in [0.05, 0.1) is 6.10 Å². The van der Waals surface area contributed by atoms with Gasteiger partial charge in [-0.2, -0.15) is 0 Å². The maximum atomic E-state index is 5.66. The van der Waals surface area contributed by atoms with Crippen molar-refractivity contribution >= 4 is 10.5 Å². The lowest BCUT2D eigenvalue weighted by molar-refractivity contribution is 0.273. The molecule has 0 aliphatic carbocycles. The van der Waals surface area contributed by atoms with E-state index in [1.165, 1.54) is 11.1 Å². The van der Waals surface area contributed by atoms with Crippen LogP contribution in [0.3, 0.4) is 0 Å². The van der Waals surface area contributed by atoms with E-state index < -0.39 is 0 Å². The monoisotopic (exact) mass is 214 g/mol. The lowest BCUT2D eigenvalue weighted by Crippen LogP contribution is -2.03. The van der Waals surface area contributed by atoms with E-state index in [4.69, 9.17) is 4.43 Å². The van der Waals surface area contributed by atoms with Crippen LogP contribution in [0.2, 0.25) is 0 Å². The summed E-state index contributed by atoms with van der Waals surface area (Å²) in [6, 6.07) is 20.7. The second-order valence-corrected chi connectivity index (χ2v) is 3.91. The molecule has 0 spiro atoms. The third kappa shape index (κ3) is 2.35. The van der Waals surface area contributed by atoms with Gasteiger partial charge in [0.2, 0.25) is 0 Å². The van der Waals surface area contributed by atoms with Crippen molar-refractivity contribution in [3.8, 4) is 0 Å². The van der Waals surface area contributed by atoms with Gasteiger partial charge in [0.1, 0.15) is 10.5 Å². The van der Waals surface area contributed by atoms with E-state index in [1.54, 1.807) is 0 Å². The zero-order valence-corrected chi connectivity index (χ0v) is 10.8. The maximum absolute atomic E-state index is 5.66. The molecule has 0 unspecified atom stereocenters. The van der Waals surface area contributed by atoms with Gasteiger partial charge in [0.15, 0.2) is 0 Å². The van der Waals surface area contributed by atoms with Crippen molar-refractivity contribution in [2.75, 3.05) is 0 Å². The quantitative estimate of drug-likeness (QED) is 0.711. The van der Waals surface area contributed by atoms with Gasteiger partial charge >= 0.3 is 0 Å². The highest BCUT2D eigenvalue weighted by atomic mass is 28.2. The summed E-state index contributed by atoms with van der Waals surface area (Å²) < 4.78 is 5.66. The summed E-state index contributed by atoms with van der Waals surface area (Å²) in [6.45, 7) is 0. The fourth-order valence-corrected chi connectivity index (χ4v) is 2.26. The first kappa shape index (κ1) is 10.1. The van der Waals surface area contributed by atoms with Gasteiger partial charge in [-0.3, -0.25) is 0 Å². The van der Waals surface area contributed by atoms with Gasteiger partial charge < -0.3 is 4.43 Å². The Kier molecular flexibility index (Phi) is 3.32. The van der Waals surface area contributed by atoms with Crippen LogP contribution in [0.4, 0.5) is 0 Å². The van der Waals surface area contributed by atoms with Gasteiger partial charge in [-0.05, 0) is 11.1 Å². The number of hydrogen-bond acceptors (Lipinski definition) is 1. The maximum Gasteiger partial charge on any atom is 0.147 e. The first-order valence-corrected chi connectivity index (χ1v) is 5.86. The molecule has 1 nitrogen and oxygen atoms in total. The Hall–Kier alpha value is -1.38. The molecule has 0 aliphatic rings. The van der Waals surface area contributed by atoms with Crippen LogP contribution >= 0.6 is 0 Å². The van der Waals surface area contributed by atoms with Crippen LogP contribution in [0, 0.1) is 0 Å². The van der Waals surface area contributed by atoms with Gasteiger partial charge in [0, 0.05) is 0 Å². The molecule has 0 saturated carbocycles. The van der Waals surface area contributed by atoms with E-state index in [2.05, 4.69) is 24.3 Å². The highest BCUT2D eigenvalue weighted by Crippen LogP contribution is 2.24. The largest absolute Gasteiger partial charge is 0.417 e. The molecule has 2 rings (SSSR count). The molecule has 0 amide bonds. The summed E-state index contributed by atoms with van der Waals surface area (Å²) in [5.41, 5.74) is 2.44. The summed E-state index contributed by atoms with van der Waals surface area (Å²) in [4.78, 5) is 0. The highest BCUT2D eigenvalue weighted by Gasteiger charge is 2.10. The van der Waals surface area contributed by atoms with E-state index in [-0.39, 0.29) is 6.10 Å². The smallest absolute Gasteiger partial charge is 0.147 e. The molecule has 2 aromatic rings. The summed E-state index contributed by atoms with van der Waals surface area (Å²) in [7, 11) is 0.742. The molecule has 76 valence electrons. The van der Waals surface area contributed by atoms with Crippen molar-refractivity contribution in [3.05, 3.63) is 71.8 Å². The molecule has 15 heavy (non-hydrogen) atoms. The third-order valence-corrected chi connectivity index (χ3v) is 2.91. The lowest BCUT2D eigenvalue weighted by atomic mass is 10.0. The molecule has 0 aromatic heterocycles. The molecular weight excluding hydrogens is 200 g/mol. The zero-order chi connectivity index (χ0) is 10.5. The van der Waals surface area contributed by atoms with Crippen LogP contribution in [0.1, 0.15) is 17.2 Å². The molecule has 0 N–H and O–H groups in total. The molecule has 2 aromatic carbocycles. The average molecular weight is 214 g/mol. The molecule has 2 heteroatoms. The predicted molar refractivity (Wildman–Crippen MR) is 65.8 cm³/mol. The highest BCUT2D eigenvalue weighted by molar-refractivity contribution is 5.98. The van der Waals surface area contributed by atoms with Crippen molar-refractivity contribution in [3.63, 3.8) is 0 Å². The molecule has 0 saturated heterocycles. The Balaban J connectivity index is 2.34. The molecule has 0 heterocycles. The fourth-order valence-electron chi connectivity index (χ4n) is 1.72. The van der Waals surface area contributed by atoms with E-state index in [0.29, 0.717) is 0 Å². The van der Waals surface area contributed by atoms with Crippen LogP contribution < -0.4 is 0 Å². The van der Waals surface area contributed by atoms with Crippen LogP contribution in [-0.2, 0) is 4.43 Å². The van der Waals surface area contributed by atoms with Gasteiger partial charge in [-0.15, -0.1) is 0 Å². The third-order valence-electron chi connectivity index (χ3n) is 2.44. The average Bonchev–Trinajstić information content (AvgIpc) is 2.33. The summed E-state index contributed by atoms with van der Waals surface area (Å²) >= 11 is 0. The molecule has 0 bridgehead atoms. The number of rotatable bonds is 3. The van der Waals surface area contributed by atoms with Crippen molar-refractivity contribution < 1.29 is 4.43 Å². The SMILES string of the molecule is [SiH3]OC(c1ccccc1)c1ccccc1.